The van der Waals surface area contributed by atoms with E-state index in [2.05, 4.69) is 0 Å². The van der Waals surface area contributed by atoms with E-state index < -0.39 is 11.9 Å². The van der Waals surface area contributed by atoms with E-state index in [0.29, 0.717) is 17.7 Å². The fourth-order valence-corrected chi connectivity index (χ4v) is 1.79. The van der Waals surface area contributed by atoms with Crippen LogP contribution < -0.4 is 4.74 Å². The topological polar surface area (TPSA) is 42.6 Å². The van der Waals surface area contributed by atoms with E-state index in [1.54, 1.807) is 24.3 Å². The van der Waals surface area contributed by atoms with Crippen LogP contribution in [0.1, 0.15) is 23.2 Å². The molecular weight excluding hydrogens is 235 g/mol. The number of hydrogen-bond acceptors (Lipinski definition) is 3. The summed E-state index contributed by atoms with van der Waals surface area (Å²) >= 11 is 0. The van der Waals surface area contributed by atoms with E-state index in [4.69, 9.17) is 9.15 Å². The van der Waals surface area contributed by atoms with Crippen LogP contribution in [0.5, 0.6) is 5.75 Å². The summed E-state index contributed by atoms with van der Waals surface area (Å²) in [5.74, 6) is 0.994. The summed E-state index contributed by atoms with van der Waals surface area (Å²) in [5, 5.41) is 9.96. The van der Waals surface area contributed by atoms with Crippen molar-refractivity contribution in [3.05, 3.63) is 53.2 Å². The van der Waals surface area contributed by atoms with Crippen LogP contribution in [-0.2, 0) is 6.42 Å². The number of hydrogen-bond donors (Lipinski definition) is 1. The molecule has 0 amide bonds. The fraction of sp³-hybridized carbons (Fsp3) is 0.286. The van der Waals surface area contributed by atoms with Crippen molar-refractivity contribution in [3.63, 3.8) is 0 Å². The molecule has 0 spiro atoms. The quantitative estimate of drug-likeness (QED) is 0.907. The molecule has 18 heavy (non-hydrogen) atoms. The molecule has 0 bridgehead atoms. The molecule has 4 heteroatoms. The lowest BCUT2D eigenvalue weighted by atomic mass is 10.1. The summed E-state index contributed by atoms with van der Waals surface area (Å²) < 4.78 is 23.6. The molecule has 1 N–H and O–H groups in total. The summed E-state index contributed by atoms with van der Waals surface area (Å²) in [6.45, 7) is 1.81. The van der Waals surface area contributed by atoms with E-state index >= 15 is 0 Å². The van der Waals surface area contributed by atoms with Gasteiger partial charge in [0.1, 0.15) is 17.6 Å². The fourth-order valence-electron chi connectivity index (χ4n) is 1.79. The Balaban J connectivity index is 2.12. The van der Waals surface area contributed by atoms with E-state index in [1.807, 2.05) is 6.92 Å². The molecule has 0 fully saturated rings. The van der Waals surface area contributed by atoms with Crippen molar-refractivity contribution in [1.82, 2.24) is 0 Å². The Morgan fingerprint density at radius 1 is 1.33 bits per heavy atom. The first-order valence-electron chi connectivity index (χ1n) is 5.67. The average molecular weight is 250 g/mol. The Kier molecular flexibility index (Phi) is 3.67. The second-order valence-electron chi connectivity index (χ2n) is 4.14. The van der Waals surface area contributed by atoms with Crippen LogP contribution in [0.15, 0.2) is 34.7 Å². The molecule has 3 nitrogen and oxygen atoms in total. The molecule has 0 aliphatic carbocycles. The minimum absolute atomic E-state index is 0.196. The standard InChI is InChI=1S/C14H15FO3/c1-9-3-5-14(18-9)12(16)8-10-4-6-13(17-2)11(15)7-10/h3-7,12,16H,8H2,1-2H3. The molecule has 0 aliphatic rings. The smallest absolute Gasteiger partial charge is 0.165 e. The second kappa shape index (κ2) is 5.23. The first kappa shape index (κ1) is 12.6. The lowest BCUT2D eigenvalue weighted by Gasteiger charge is -2.09. The van der Waals surface area contributed by atoms with Crippen LogP contribution in [0.4, 0.5) is 4.39 Å². The monoisotopic (exact) mass is 250 g/mol. The Labute approximate surface area is 105 Å². The van der Waals surface area contributed by atoms with Crippen LogP contribution in [0, 0.1) is 12.7 Å². The van der Waals surface area contributed by atoms with Gasteiger partial charge in [0.25, 0.3) is 0 Å². The van der Waals surface area contributed by atoms with Gasteiger partial charge < -0.3 is 14.3 Å². The Hall–Kier alpha value is -1.81. The zero-order chi connectivity index (χ0) is 13.1. The highest BCUT2D eigenvalue weighted by Gasteiger charge is 2.13. The summed E-state index contributed by atoms with van der Waals surface area (Å²) in [4.78, 5) is 0. The lowest BCUT2D eigenvalue weighted by Crippen LogP contribution is -2.01. The van der Waals surface area contributed by atoms with Gasteiger partial charge in [0, 0.05) is 6.42 Å². The third-order valence-corrected chi connectivity index (χ3v) is 2.73. The molecule has 0 saturated carbocycles. The van der Waals surface area contributed by atoms with Gasteiger partial charge in [0.2, 0.25) is 0 Å². The van der Waals surface area contributed by atoms with Gasteiger partial charge in [-0.2, -0.15) is 0 Å². The number of aliphatic hydroxyl groups is 1. The molecule has 0 radical (unpaired) electrons. The number of ether oxygens (including phenoxy) is 1. The molecule has 96 valence electrons. The Morgan fingerprint density at radius 3 is 2.67 bits per heavy atom. The molecule has 1 atom stereocenters. The predicted molar refractivity (Wildman–Crippen MR) is 65.1 cm³/mol. The highest BCUT2D eigenvalue weighted by molar-refractivity contribution is 5.30. The zero-order valence-electron chi connectivity index (χ0n) is 10.3. The van der Waals surface area contributed by atoms with Crippen molar-refractivity contribution < 1.29 is 18.7 Å². The Morgan fingerprint density at radius 2 is 2.11 bits per heavy atom. The van der Waals surface area contributed by atoms with Crippen LogP contribution >= 0.6 is 0 Å². The van der Waals surface area contributed by atoms with Crippen LogP contribution in [0.25, 0.3) is 0 Å². The SMILES string of the molecule is COc1ccc(CC(O)c2ccc(C)o2)cc1F. The normalized spacial score (nSPS) is 12.4. The van der Waals surface area contributed by atoms with Crippen molar-refractivity contribution in [2.24, 2.45) is 0 Å². The van der Waals surface area contributed by atoms with Gasteiger partial charge in [-0.3, -0.25) is 0 Å². The molecule has 0 saturated heterocycles. The van der Waals surface area contributed by atoms with E-state index in [1.165, 1.54) is 13.2 Å². The minimum atomic E-state index is -0.772. The lowest BCUT2D eigenvalue weighted by molar-refractivity contribution is 0.148. The van der Waals surface area contributed by atoms with Crippen molar-refractivity contribution >= 4 is 0 Å². The third kappa shape index (κ3) is 2.71. The largest absolute Gasteiger partial charge is 0.494 e. The van der Waals surface area contributed by atoms with Gasteiger partial charge in [-0.15, -0.1) is 0 Å². The van der Waals surface area contributed by atoms with Gasteiger partial charge in [-0.25, -0.2) is 4.39 Å². The van der Waals surface area contributed by atoms with Gasteiger partial charge >= 0.3 is 0 Å². The molecule has 2 aromatic rings. The predicted octanol–water partition coefficient (Wildman–Crippen LogP) is 3.01. The maximum absolute atomic E-state index is 13.5. The highest BCUT2D eigenvalue weighted by atomic mass is 19.1. The number of rotatable bonds is 4. The number of aryl methyl sites for hydroxylation is 1. The molecule has 1 unspecified atom stereocenters. The average Bonchev–Trinajstić information content (AvgIpc) is 2.76. The second-order valence-corrected chi connectivity index (χ2v) is 4.14. The molecule has 1 aromatic heterocycles. The number of halogens is 1. The maximum Gasteiger partial charge on any atom is 0.165 e. The Bertz CT molecular complexity index is 534. The first-order valence-corrected chi connectivity index (χ1v) is 5.67. The molecule has 1 heterocycles. The van der Waals surface area contributed by atoms with E-state index in [0.717, 1.165) is 5.76 Å². The van der Waals surface area contributed by atoms with Crippen LogP contribution in [0.3, 0.4) is 0 Å². The van der Waals surface area contributed by atoms with Crippen LogP contribution in [-0.4, -0.2) is 12.2 Å². The zero-order valence-corrected chi connectivity index (χ0v) is 10.3. The summed E-state index contributed by atoms with van der Waals surface area (Å²) in [6.07, 6.45) is -0.472. The van der Waals surface area contributed by atoms with Crippen molar-refractivity contribution in [3.8, 4) is 5.75 Å². The number of benzene rings is 1. The first-order chi connectivity index (χ1) is 8.60. The van der Waals surface area contributed by atoms with Crippen molar-refractivity contribution in [1.29, 1.82) is 0 Å². The van der Waals surface area contributed by atoms with Gasteiger partial charge in [0.15, 0.2) is 11.6 Å². The van der Waals surface area contributed by atoms with Gasteiger partial charge in [-0.05, 0) is 36.8 Å². The molecule has 2 rings (SSSR count). The van der Waals surface area contributed by atoms with E-state index in [-0.39, 0.29) is 5.75 Å². The van der Waals surface area contributed by atoms with Crippen molar-refractivity contribution in [2.75, 3.05) is 7.11 Å². The number of methoxy groups -OCH3 is 1. The highest BCUT2D eigenvalue weighted by Crippen LogP contribution is 2.23. The summed E-state index contributed by atoms with van der Waals surface area (Å²) in [5.41, 5.74) is 0.690. The van der Waals surface area contributed by atoms with Crippen LogP contribution in [0.2, 0.25) is 0 Å². The molecule has 1 aromatic carbocycles. The molecular formula is C14H15FO3. The minimum Gasteiger partial charge on any atom is -0.494 e. The summed E-state index contributed by atoms with van der Waals surface area (Å²) in [6, 6.07) is 8.14. The summed E-state index contributed by atoms with van der Waals surface area (Å²) in [7, 11) is 1.42. The van der Waals surface area contributed by atoms with E-state index in [9.17, 15) is 9.50 Å². The maximum atomic E-state index is 13.5. The van der Waals surface area contributed by atoms with Crippen molar-refractivity contribution in [2.45, 2.75) is 19.4 Å². The number of aliphatic hydroxyl groups excluding tert-OH is 1. The number of furan rings is 1. The van der Waals surface area contributed by atoms with Gasteiger partial charge in [-0.1, -0.05) is 6.07 Å². The third-order valence-electron chi connectivity index (χ3n) is 2.73. The van der Waals surface area contributed by atoms with Gasteiger partial charge in [0.05, 0.1) is 7.11 Å². The molecule has 0 aliphatic heterocycles.